The van der Waals surface area contributed by atoms with E-state index in [1.54, 1.807) is 47.8 Å². The van der Waals surface area contributed by atoms with Crippen LogP contribution in [-0.4, -0.2) is 54.6 Å². The number of ether oxygens (including phenoxy) is 2. The van der Waals surface area contributed by atoms with Gasteiger partial charge in [-0.1, -0.05) is 19.6 Å². The van der Waals surface area contributed by atoms with Crippen molar-refractivity contribution in [2.45, 2.75) is 105 Å². The quantitative estimate of drug-likeness (QED) is 0.268. The van der Waals surface area contributed by atoms with Gasteiger partial charge in [-0.15, -0.1) is 0 Å². The summed E-state index contributed by atoms with van der Waals surface area (Å²) in [5.41, 5.74) is 6.17. The predicted octanol–water partition coefficient (Wildman–Crippen LogP) is 4.04. The molecule has 1 unspecified atom stereocenters. The van der Waals surface area contributed by atoms with Gasteiger partial charge in [-0.2, -0.15) is 0 Å². The smallest absolute Gasteiger partial charge is 0.180 e. The summed E-state index contributed by atoms with van der Waals surface area (Å²) in [7, 11) is -1.26. The van der Waals surface area contributed by atoms with E-state index in [0.717, 1.165) is 19.4 Å². The largest absolute Gasteiger partial charge is 0.555 e. The summed E-state index contributed by atoms with van der Waals surface area (Å²) < 4.78 is 10.8. The van der Waals surface area contributed by atoms with Crippen molar-refractivity contribution in [1.29, 1.82) is 0 Å². The Morgan fingerprint density at radius 2 is 1.37 bits per heavy atom. The second-order valence-corrected chi connectivity index (χ2v) is 12.6. The Hall–Kier alpha value is 0.0912. The Labute approximate surface area is 183 Å². The zero-order chi connectivity index (χ0) is 21.2. The van der Waals surface area contributed by atoms with E-state index < -0.39 is 8.07 Å². The minimum atomic E-state index is -1.26. The van der Waals surface area contributed by atoms with E-state index in [9.17, 15) is 0 Å². The minimum Gasteiger partial charge on any atom is -0.555 e. The molecule has 1 saturated heterocycles. The van der Waals surface area contributed by atoms with Crippen LogP contribution in [0.5, 0.6) is 0 Å². The fraction of sp³-hybridized carbons (Fsp3) is 0.850. The normalized spacial score (nSPS) is 15.6. The van der Waals surface area contributed by atoms with Crippen LogP contribution in [-0.2, 0) is 31.2 Å². The van der Waals surface area contributed by atoms with Crippen LogP contribution in [0.25, 0.3) is 0 Å². The first-order valence-electron chi connectivity index (χ1n) is 9.43. The molecule has 0 aromatic heterocycles. The number of aliphatic hydroxyl groups is 3. The molecular formula is C20H43O5SiTi-. The van der Waals surface area contributed by atoms with Gasteiger partial charge in [0, 0.05) is 46.5 Å². The van der Waals surface area contributed by atoms with Gasteiger partial charge in [-0.3, -0.25) is 5.73 Å². The molecule has 1 atom stereocenters. The molecule has 5 nitrogen and oxygen atoms in total. The molecule has 0 bridgehead atoms. The molecule has 1 aliphatic rings. The van der Waals surface area contributed by atoms with E-state index in [4.69, 9.17) is 24.8 Å². The Balaban J connectivity index is -0.000000169. The number of hydrogen-bond acceptors (Lipinski definition) is 5. The molecule has 162 valence electrons. The van der Waals surface area contributed by atoms with E-state index in [1.165, 1.54) is 6.42 Å². The maximum atomic E-state index is 8.06. The third-order valence-corrected chi connectivity index (χ3v) is 2.76. The van der Waals surface area contributed by atoms with Crippen LogP contribution in [0.15, 0.2) is 12.0 Å². The van der Waals surface area contributed by atoms with Gasteiger partial charge in [0.2, 0.25) is 0 Å². The van der Waals surface area contributed by atoms with Gasteiger partial charge < -0.3 is 24.8 Å². The Morgan fingerprint density at radius 1 is 0.963 bits per heavy atom. The Kier molecular flexibility index (Phi) is 28.7. The van der Waals surface area contributed by atoms with Crippen LogP contribution < -0.4 is 0 Å². The first kappa shape index (κ1) is 34.6. The molecule has 1 heterocycles. The van der Waals surface area contributed by atoms with Crippen molar-refractivity contribution in [2.75, 3.05) is 6.61 Å². The van der Waals surface area contributed by atoms with E-state index in [0.29, 0.717) is 0 Å². The van der Waals surface area contributed by atoms with Crippen molar-refractivity contribution in [1.82, 2.24) is 0 Å². The van der Waals surface area contributed by atoms with E-state index in [-0.39, 0.29) is 46.3 Å². The molecule has 0 aliphatic carbocycles. The summed E-state index contributed by atoms with van der Waals surface area (Å²) in [6.45, 7) is 17.8. The molecule has 3 N–H and O–H groups in total. The fourth-order valence-electron chi connectivity index (χ4n) is 1.17. The predicted molar refractivity (Wildman–Crippen MR) is 111 cm³/mol. The van der Waals surface area contributed by atoms with Gasteiger partial charge in [0.25, 0.3) is 0 Å². The molecule has 0 spiro atoms. The first-order valence-corrected chi connectivity index (χ1v) is 12.9. The van der Waals surface area contributed by atoms with Crippen molar-refractivity contribution in [3.8, 4) is 0 Å². The molecular weight excluding hydrogens is 396 g/mol. The average Bonchev–Trinajstić information content (AvgIpc) is 2.42. The Morgan fingerprint density at radius 3 is 1.67 bits per heavy atom. The molecule has 0 aromatic carbocycles. The standard InChI is InChI=1S/C11H19O2Si.3C3H8O.Ti/c1-14(2,3)10-6-9-13-11-7-4-5-8-12-11;3*1-3(2)4;/h9,11H,4-5,7-8H2,1-3H3;3*3-4H,1-2H3;/q-1;;;;. The van der Waals surface area contributed by atoms with Gasteiger partial charge in [0.15, 0.2) is 6.29 Å². The van der Waals surface area contributed by atoms with Crippen LogP contribution >= 0.6 is 0 Å². The summed E-state index contributed by atoms with van der Waals surface area (Å²) in [6.07, 6.45) is 4.37. The van der Waals surface area contributed by atoms with E-state index in [1.807, 2.05) is 0 Å². The topological polar surface area (TPSA) is 79.2 Å². The fourth-order valence-corrected chi connectivity index (χ4v) is 1.67. The third kappa shape index (κ3) is 58.5. The van der Waals surface area contributed by atoms with Gasteiger partial charge >= 0.3 is 0 Å². The second-order valence-electron chi connectivity index (χ2n) is 7.85. The van der Waals surface area contributed by atoms with Crippen LogP contribution in [0.4, 0.5) is 0 Å². The van der Waals surface area contributed by atoms with E-state index in [2.05, 4.69) is 31.1 Å². The van der Waals surface area contributed by atoms with Crippen molar-refractivity contribution in [3.63, 3.8) is 0 Å². The molecule has 0 aromatic rings. The minimum absolute atomic E-state index is 0. The average molecular weight is 440 g/mol. The maximum Gasteiger partial charge on any atom is 0.180 e. The van der Waals surface area contributed by atoms with Gasteiger partial charge in [0.05, 0.1) is 6.61 Å². The molecule has 0 saturated carbocycles. The monoisotopic (exact) mass is 439 g/mol. The number of hydrogen-bond donors (Lipinski definition) is 3. The molecule has 0 amide bonds. The summed E-state index contributed by atoms with van der Waals surface area (Å²) in [4.78, 5) is 0. The second kappa shape index (κ2) is 22.4. The summed E-state index contributed by atoms with van der Waals surface area (Å²) >= 11 is 0. The first-order chi connectivity index (χ1) is 11.8. The van der Waals surface area contributed by atoms with Crippen LogP contribution in [0.1, 0.15) is 60.8 Å². The number of aliphatic hydroxyl groups excluding tert-OH is 3. The van der Waals surface area contributed by atoms with Crippen molar-refractivity contribution in [3.05, 3.63) is 17.7 Å². The zero-order valence-electron chi connectivity index (χ0n) is 18.9. The van der Waals surface area contributed by atoms with Gasteiger partial charge in [0.1, 0.15) is 0 Å². The molecule has 1 rings (SSSR count). The summed E-state index contributed by atoms with van der Waals surface area (Å²) in [5, 5.41) is 24.2. The number of rotatable bonds is 3. The summed E-state index contributed by atoms with van der Waals surface area (Å²) in [5.74, 6) is 0. The van der Waals surface area contributed by atoms with Gasteiger partial charge in [-0.05, 0) is 68.7 Å². The molecule has 1 fully saturated rings. The summed E-state index contributed by atoms with van der Waals surface area (Å²) in [6, 6.07) is 0. The van der Waals surface area contributed by atoms with Crippen LogP contribution in [0.2, 0.25) is 19.6 Å². The molecule has 27 heavy (non-hydrogen) atoms. The third-order valence-electron chi connectivity index (χ3n) is 1.86. The van der Waals surface area contributed by atoms with Crippen molar-refractivity contribution in [2.24, 2.45) is 0 Å². The van der Waals surface area contributed by atoms with Gasteiger partial charge in [-0.25, -0.2) is 5.70 Å². The Bertz CT molecular complexity index is 320. The molecule has 7 heteroatoms. The van der Waals surface area contributed by atoms with Crippen molar-refractivity contribution >= 4 is 8.07 Å². The van der Waals surface area contributed by atoms with Crippen molar-refractivity contribution < 1.29 is 46.5 Å². The van der Waals surface area contributed by atoms with E-state index >= 15 is 0 Å². The van der Waals surface area contributed by atoms with Crippen LogP contribution in [0, 0.1) is 5.70 Å². The zero-order valence-corrected chi connectivity index (χ0v) is 21.4. The molecule has 0 radical (unpaired) electrons. The maximum absolute atomic E-state index is 8.06. The SMILES string of the molecule is CC(C)O.CC(C)O.CC(C)O.C[Si](C)(C)[C-]=C=COC1CCCCO1.[Ti]. The molecule has 1 aliphatic heterocycles. The van der Waals surface area contributed by atoms with Crippen LogP contribution in [0.3, 0.4) is 0 Å².